The standard InChI is InChI=1S/C24H26N2O/c27-24(26-18-14-23(15-19-26)25-16-4-5-17-25)22-12-10-21(11-13-22)9-8-20-6-2-1-3-7-20/h1-3,6-7,10-13,23H,4-5,14-19H2. The second kappa shape index (κ2) is 8.41. The minimum atomic E-state index is 0.150. The molecule has 0 atom stereocenters. The molecule has 2 heterocycles. The van der Waals surface area contributed by atoms with Gasteiger partial charge < -0.3 is 9.80 Å². The average molecular weight is 358 g/mol. The van der Waals surface area contributed by atoms with Crippen LogP contribution in [0.2, 0.25) is 0 Å². The smallest absolute Gasteiger partial charge is 0.253 e. The normalized spacial score (nSPS) is 18.1. The van der Waals surface area contributed by atoms with Crippen molar-refractivity contribution in [3.05, 3.63) is 71.3 Å². The molecule has 0 aromatic heterocycles. The lowest BCUT2D eigenvalue weighted by molar-refractivity contribution is 0.0644. The van der Waals surface area contributed by atoms with Crippen molar-refractivity contribution in [2.45, 2.75) is 31.7 Å². The Morgan fingerprint density at radius 3 is 2.00 bits per heavy atom. The van der Waals surface area contributed by atoms with Gasteiger partial charge in [0.15, 0.2) is 0 Å². The van der Waals surface area contributed by atoms with Crippen LogP contribution in [0.5, 0.6) is 0 Å². The van der Waals surface area contributed by atoms with Gasteiger partial charge in [0.25, 0.3) is 5.91 Å². The molecule has 0 aliphatic carbocycles. The molecule has 3 nitrogen and oxygen atoms in total. The number of piperidine rings is 1. The van der Waals surface area contributed by atoms with Crippen molar-refractivity contribution < 1.29 is 4.79 Å². The Morgan fingerprint density at radius 1 is 0.778 bits per heavy atom. The van der Waals surface area contributed by atoms with E-state index < -0.39 is 0 Å². The lowest BCUT2D eigenvalue weighted by atomic mass is 10.0. The van der Waals surface area contributed by atoms with Gasteiger partial charge in [0, 0.05) is 35.8 Å². The molecule has 2 fully saturated rings. The Morgan fingerprint density at radius 2 is 1.37 bits per heavy atom. The van der Waals surface area contributed by atoms with Crippen molar-refractivity contribution in [3.8, 4) is 11.8 Å². The van der Waals surface area contributed by atoms with Crippen LogP contribution in [0, 0.1) is 11.8 Å². The monoisotopic (exact) mass is 358 g/mol. The van der Waals surface area contributed by atoms with Gasteiger partial charge in [-0.3, -0.25) is 4.79 Å². The molecule has 3 heteroatoms. The van der Waals surface area contributed by atoms with E-state index in [0.29, 0.717) is 6.04 Å². The van der Waals surface area contributed by atoms with Crippen LogP contribution in [0.15, 0.2) is 54.6 Å². The molecular weight excluding hydrogens is 332 g/mol. The first-order chi connectivity index (χ1) is 13.3. The molecule has 0 spiro atoms. The van der Waals surface area contributed by atoms with Crippen molar-refractivity contribution in [2.75, 3.05) is 26.2 Å². The molecule has 4 rings (SSSR count). The third kappa shape index (κ3) is 4.40. The molecule has 0 radical (unpaired) electrons. The lowest BCUT2D eigenvalue weighted by Crippen LogP contribution is -2.45. The zero-order chi connectivity index (χ0) is 18.5. The van der Waals surface area contributed by atoms with Crippen LogP contribution >= 0.6 is 0 Å². The van der Waals surface area contributed by atoms with Crippen molar-refractivity contribution in [1.82, 2.24) is 9.80 Å². The Labute approximate surface area is 162 Å². The number of carbonyl (C=O) groups is 1. The summed E-state index contributed by atoms with van der Waals surface area (Å²) >= 11 is 0. The van der Waals surface area contributed by atoms with E-state index in [0.717, 1.165) is 42.6 Å². The highest BCUT2D eigenvalue weighted by atomic mass is 16.2. The molecule has 27 heavy (non-hydrogen) atoms. The number of benzene rings is 2. The summed E-state index contributed by atoms with van der Waals surface area (Å²) < 4.78 is 0. The molecule has 2 aliphatic heterocycles. The van der Waals surface area contributed by atoms with Crippen molar-refractivity contribution in [2.24, 2.45) is 0 Å². The number of nitrogens with zero attached hydrogens (tertiary/aromatic N) is 2. The van der Waals surface area contributed by atoms with Crippen LogP contribution in [0.1, 0.15) is 47.2 Å². The fourth-order valence-corrected chi connectivity index (χ4v) is 4.09. The van der Waals surface area contributed by atoms with Crippen molar-refractivity contribution in [3.63, 3.8) is 0 Å². The number of rotatable bonds is 2. The van der Waals surface area contributed by atoms with E-state index in [1.165, 1.54) is 25.9 Å². The van der Waals surface area contributed by atoms with Crippen molar-refractivity contribution >= 4 is 5.91 Å². The third-order valence-electron chi connectivity index (χ3n) is 5.67. The van der Waals surface area contributed by atoms with Crippen LogP contribution in [0.25, 0.3) is 0 Å². The summed E-state index contributed by atoms with van der Waals surface area (Å²) in [5.74, 6) is 6.47. The molecule has 138 valence electrons. The molecule has 2 aliphatic rings. The fourth-order valence-electron chi connectivity index (χ4n) is 4.09. The van der Waals surface area contributed by atoms with Crippen LogP contribution < -0.4 is 0 Å². The molecular formula is C24H26N2O. The summed E-state index contributed by atoms with van der Waals surface area (Å²) in [5, 5.41) is 0. The van der Waals surface area contributed by atoms with Gasteiger partial charge >= 0.3 is 0 Å². The van der Waals surface area contributed by atoms with E-state index in [-0.39, 0.29) is 5.91 Å². The molecule has 2 saturated heterocycles. The summed E-state index contributed by atoms with van der Waals surface area (Å²) in [6, 6.07) is 18.3. The van der Waals surface area contributed by atoms with E-state index in [1.807, 2.05) is 59.5 Å². The zero-order valence-electron chi connectivity index (χ0n) is 15.7. The van der Waals surface area contributed by atoms with Crippen LogP contribution in [0.3, 0.4) is 0 Å². The molecule has 0 saturated carbocycles. The summed E-state index contributed by atoms with van der Waals surface area (Å²) in [4.78, 5) is 17.4. The first-order valence-corrected chi connectivity index (χ1v) is 10.00. The minimum Gasteiger partial charge on any atom is -0.339 e. The first kappa shape index (κ1) is 17.8. The number of amides is 1. The maximum atomic E-state index is 12.8. The SMILES string of the molecule is O=C(c1ccc(C#Cc2ccccc2)cc1)N1CCC(N2CCCC2)CC1. The van der Waals surface area contributed by atoms with Crippen LogP contribution in [-0.2, 0) is 0 Å². The van der Waals surface area contributed by atoms with E-state index >= 15 is 0 Å². The quantitative estimate of drug-likeness (QED) is 0.763. The topological polar surface area (TPSA) is 23.6 Å². The van der Waals surface area contributed by atoms with Gasteiger partial charge in [0.05, 0.1) is 0 Å². The lowest BCUT2D eigenvalue weighted by Gasteiger charge is -2.36. The fraction of sp³-hybridized carbons (Fsp3) is 0.375. The Hall–Kier alpha value is -2.57. The molecule has 0 bridgehead atoms. The number of likely N-dealkylation sites (tertiary alicyclic amines) is 2. The maximum Gasteiger partial charge on any atom is 0.253 e. The average Bonchev–Trinajstić information content (AvgIpc) is 3.28. The maximum absolute atomic E-state index is 12.8. The predicted molar refractivity (Wildman–Crippen MR) is 109 cm³/mol. The molecule has 0 unspecified atom stereocenters. The second-order valence-electron chi connectivity index (χ2n) is 7.46. The molecule has 2 aromatic carbocycles. The summed E-state index contributed by atoms with van der Waals surface area (Å²) in [7, 11) is 0. The summed E-state index contributed by atoms with van der Waals surface area (Å²) in [6.45, 7) is 4.22. The van der Waals surface area contributed by atoms with Gasteiger partial charge in [-0.15, -0.1) is 0 Å². The van der Waals surface area contributed by atoms with E-state index in [1.54, 1.807) is 0 Å². The van der Waals surface area contributed by atoms with E-state index in [9.17, 15) is 4.79 Å². The Balaban J connectivity index is 1.35. The van der Waals surface area contributed by atoms with Gasteiger partial charge in [-0.25, -0.2) is 0 Å². The third-order valence-corrected chi connectivity index (χ3v) is 5.67. The van der Waals surface area contributed by atoms with Crippen LogP contribution in [-0.4, -0.2) is 47.9 Å². The first-order valence-electron chi connectivity index (χ1n) is 10.00. The Kier molecular flexibility index (Phi) is 5.55. The highest BCUT2D eigenvalue weighted by molar-refractivity contribution is 5.94. The van der Waals surface area contributed by atoms with Crippen molar-refractivity contribution in [1.29, 1.82) is 0 Å². The van der Waals surface area contributed by atoms with Gasteiger partial charge in [0.2, 0.25) is 0 Å². The van der Waals surface area contributed by atoms with Gasteiger partial charge in [-0.2, -0.15) is 0 Å². The number of hydrogen-bond donors (Lipinski definition) is 0. The highest BCUT2D eigenvalue weighted by Crippen LogP contribution is 2.22. The van der Waals surface area contributed by atoms with E-state index in [4.69, 9.17) is 0 Å². The van der Waals surface area contributed by atoms with Gasteiger partial charge in [0.1, 0.15) is 0 Å². The summed E-state index contributed by atoms with van der Waals surface area (Å²) in [5.41, 5.74) is 2.70. The summed E-state index contributed by atoms with van der Waals surface area (Å²) in [6.07, 6.45) is 4.87. The Bertz CT molecular complexity index is 818. The molecule has 2 aromatic rings. The number of hydrogen-bond acceptors (Lipinski definition) is 2. The molecule has 1 amide bonds. The van der Waals surface area contributed by atoms with Gasteiger partial charge in [-0.05, 0) is 75.2 Å². The predicted octanol–water partition coefficient (Wildman–Crippen LogP) is 3.79. The molecule has 0 N–H and O–H groups in total. The minimum absolute atomic E-state index is 0.150. The highest BCUT2D eigenvalue weighted by Gasteiger charge is 2.28. The number of carbonyl (C=O) groups excluding carboxylic acids is 1. The largest absolute Gasteiger partial charge is 0.339 e. The van der Waals surface area contributed by atoms with Gasteiger partial charge in [-0.1, -0.05) is 30.0 Å². The van der Waals surface area contributed by atoms with E-state index in [2.05, 4.69) is 16.7 Å². The van der Waals surface area contributed by atoms with Crippen LogP contribution in [0.4, 0.5) is 0 Å². The zero-order valence-corrected chi connectivity index (χ0v) is 15.7. The second-order valence-corrected chi connectivity index (χ2v) is 7.46.